The standard InChI is InChI=1S/C31H29FN6O3/c1-40-26-7-4-11-33-25(26)10-12-41-31-36-29-24(30(37-31)38-16-19-8-9-20(17-38)35-19)15-34-28(27(29)32)23-14-21(39)13-18-5-2-3-6-22(18)23/h2-7,11,13-15,19-20,35,39H,8-10,12,16-17H2,1H3. The molecule has 2 aromatic carbocycles. The van der Waals surface area contributed by atoms with Crippen molar-refractivity contribution in [2.75, 3.05) is 31.7 Å². The summed E-state index contributed by atoms with van der Waals surface area (Å²) in [5.41, 5.74) is 1.48. The number of fused-ring (bicyclic) bond motifs is 4. The minimum atomic E-state index is -0.587. The molecule has 5 aromatic rings. The third-order valence-electron chi connectivity index (χ3n) is 7.90. The summed E-state index contributed by atoms with van der Waals surface area (Å²) >= 11 is 0. The Kier molecular flexibility index (Phi) is 6.47. The molecule has 0 saturated carbocycles. The number of aromatic nitrogens is 4. The van der Waals surface area contributed by atoms with E-state index in [2.05, 4.69) is 25.2 Å². The van der Waals surface area contributed by atoms with E-state index in [1.165, 1.54) is 6.07 Å². The molecule has 2 N–H and O–H groups in total. The summed E-state index contributed by atoms with van der Waals surface area (Å²) in [5, 5.41) is 16.1. The van der Waals surface area contributed by atoms with Crippen molar-refractivity contribution in [2.45, 2.75) is 31.3 Å². The molecule has 2 fully saturated rings. The monoisotopic (exact) mass is 552 g/mol. The van der Waals surface area contributed by atoms with Gasteiger partial charge in [0.25, 0.3) is 0 Å². The lowest BCUT2D eigenvalue weighted by Gasteiger charge is -2.34. The van der Waals surface area contributed by atoms with E-state index >= 15 is 4.39 Å². The summed E-state index contributed by atoms with van der Waals surface area (Å²) in [6, 6.07) is 15.2. The highest BCUT2D eigenvalue weighted by molar-refractivity contribution is 5.99. The average molecular weight is 553 g/mol. The van der Waals surface area contributed by atoms with Crippen molar-refractivity contribution in [2.24, 2.45) is 0 Å². The number of hydrogen-bond acceptors (Lipinski definition) is 9. The number of benzene rings is 2. The molecule has 9 nitrogen and oxygen atoms in total. The third-order valence-corrected chi connectivity index (χ3v) is 7.90. The van der Waals surface area contributed by atoms with Crippen LogP contribution >= 0.6 is 0 Å². The van der Waals surface area contributed by atoms with Gasteiger partial charge in [-0.25, -0.2) is 4.39 Å². The highest BCUT2D eigenvalue weighted by atomic mass is 19.1. The van der Waals surface area contributed by atoms with E-state index < -0.39 is 5.82 Å². The van der Waals surface area contributed by atoms with Crippen LogP contribution in [-0.4, -0.2) is 63.9 Å². The number of phenolic OH excluding ortho intramolecular Hbond substituents is 1. The number of nitrogens with zero attached hydrogens (tertiary/aromatic N) is 5. The number of phenols is 1. The van der Waals surface area contributed by atoms with Crippen LogP contribution in [0.25, 0.3) is 32.9 Å². The number of nitrogens with one attached hydrogen (secondary N) is 1. The molecule has 2 saturated heterocycles. The van der Waals surface area contributed by atoms with E-state index in [0.29, 0.717) is 41.0 Å². The summed E-state index contributed by atoms with van der Waals surface area (Å²) in [6.45, 7) is 1.75. The van der Waals surface area contributed by atoms with Gasteiger partial charge in [-0.3, -0.25) is 9.97 Å². The number of aromatic hydroxyl groups is 1. The molecule has 5 heterocycles. The van der Waals surface area contributed by atoms with Crippen LogP contribution in [0.4, 0.5) is 10.2 Å². The quantitative estimate of drug-likeness (QED) is 0.298. The number of pyridine rings is 2. The van der Waals surface area contributed by atoms with E-state index in [0.717, 1.165) is 42.4 Å². The Morgan fingerprint density at radius 1 is 1.02 bits per heavy atom. The smallest absolute Gasteiger partial charge is 0.319 e. The van der Waals surface area contributed by atoms with Gasteiger partial charge in [0.05, 0.1) is 24.8 Å². The molecule has 3 aromatic heterocycles. The van der Waals surface area contributed by atoms with Gasteiger partial charge in [-0.1, -0.05) is 24.3 Å². The zero-order valence-electron chi connectivity index (χ0n) is 22.5. The molecule has 208 valence electrons. The number of hydrogen-bond donors (Lipinski definition) is 2. The van der Waals surface area contributed by atoms with Gasteiger partial charge in [-0.2, -0.15) is 9.97 Å². The van der Waals surface area contributed by atoms with Gasteiger partial charge in [-0.15, -0.1) is 0 Å². The highest BCUT2D eigenvalue weighted by Gasteiger charge is 2.34. The van der Waals surface area contributed by atoms with Gasteiger partial charge in [0.15, 0.2) is 5.82 Å². The molecule has 0 amide bonds. The molecule has 2 aliphatic rings. The molecule has 10 heteroatoms. The zero-order chi connectivity index (χ0) is 27.9. The van der Waals surface area contributed by atoms with E-state index in [-0.39, 0.29) is 29.6 Å². The number of anilines is 1. The number of methoxy groups -OCH3 is 1. The fourth-order valence-electron chi connectivity index (χ4n) is 6.01. The largest absolute Gasteiger partial charge is 0.508 e. The predicted octanol–water partition coefficient (Wildman–Crippen LogP) is 4.66. The fraction of sp³-hybridized carbons (Fsp3) is 0.290. The van der Waals surface area contributed by atoms with Crippen LogP contribution in [0.2, 0.25) is 0 Å². The van der Waals surface area contributed by atoms with Gasteiger partial charge in [-0.05, 0) is 47.9 Å². The Bertz CT molecular complexity index is 1750. The van der Waals surface area contributed by atoms with Crippen molar-refractivity contribution in [1.82, 2.24) is 25.3 Å². The Labute approximate surface area is 236 Å². The van der Waals surface area contributed by atoms with Crippen LogP contribution in [0.15, 0.2) is 60.9 Å². The average Bonchev–Trinajstić information content (AvgIpc) is 3.34. The normalized spacial score (nSPS) is 18.2. The lowest BCUT2D eigenvalue weighted by Crippen LogP contribution is -2.51. The number of rotatable bonds is 7. The van der Waals surface area contributed by atoms with Crippen LogP contribution in [0.1, 0.15) is 18.5 Å². The molecule has 7 rings (SSSR count). The first-order valence-corrected chi connectivity index (χ1v) is 13.8. The Hall–Kier alpha value is -4.57. The Balaban J connectivity index is 1.31. The Morgan fingerprint density at radius 2 is 1.85 bits per heavy atom. The van der Waals surface area contributed by atoms with Crippen molar-refractivity contribution in [3.8, 4) is 28.8 Å². The minimum absolute atomic E-state index is 0.0358. The van der Waals surface area contributed by atoms with Crippen molar-refractivity contribution in [1.29, 1.82) is 0 Å². The van der Waals surface area contributed by atoms with Crippen molar-refractivity contribution < 1.29 is 19.0 Å². The van der Waals surface area contributed by atoms with E-state index in [9.17, 15) is 5.11 Å². The topological polar surface area (TPSA) is 106 Å². The van der Waals surface area contributed by atoms with E-state index in [1.54, 1.807) is 25.6 Å². The van der Waals surface area contributed by atoms with Crippen LogP contribution in [0.5, 0.6) is 17.5 Å². The first-order chi connectivity index (χ1) is 20.1. The highest BCUT2D eigenvalue weighted by Crippen LogP contribution is 2.37. The van der Waals surface area contributed by atoms with Gasteiger partial charge in [0.1, 0.15) is 28.5 Å². The van der Waals surface area contributed by atoms with E-state index in [1.807, 2.05) is 36.4 Å². The second-order valence-electron chi connectivity index (χ2n) is 10.5. The maximum atomic E-state index is 16.4. The van der Waals surface area contributed by atoms with Crippen LogP contribution in [0.3, 0.4) is 0 Å². The molecule has 0 radical (unpaired) electrons. The number of halogens is 1. The maximum Gasteiger partial charge on any atom is 0.319 e. The lowest BCUT2D eigenvalue weighted by molar-refractivity contribution is 0.293. The summed E-state index contributed by atoms with van der Waals surface area (Å²) in [4.78, 5) is 20.4. The minimum Gasteiger partial charge on any atom is -0.508 e. The van der Waals surface area contributed by atoms with Gasteiger partial charge in [0, 0.05) is 49.6 Å². The fourth-order valence-corrected chi connectivity index (χ4v) is 6.01. The van der Waals surface area contributed by atoms with Gasteiger partial charge >= 0.3 is 6.01 Å². The summed E-state index contributed by atoms with van der Waals surface area (Å²) in [7, 11) is 1.60. The first-order valence-electron chi connectivity index (χ1n) is 13.8. The molecule has 2 atom stereocenters. The lowest BCUT2D eigenvalue weighted by atomic mass is 10.0. The molecule has 2 unspecified atom stereocenters. The molecule has 0 aliphatic carbocycles. The maximum absolute atomic E-state index is 16.4. The molecule has 2 bridgehead atoms. The second-order valence-corrected chi connectivity index (χ2v) is 10.5. The van der Waals surface area contributed by atoms with E-state index in [4.69, 9.17) is 14.5 Å². The third kappa shape index (κ3) is 4.74. The molecule has 2 aliphatic heterocycles. The second kappa shape index (κ2) is 10.4. The van der Waals surface area contributed by atoms with Crippen molar-refractivity contribution >= 4 is 27.5 Å². The van der Waals surface area contributed by atoms with Crippen LogP contribution in [0, 0.1) is 5.82 Å². The zero-order valence-corrected chi connectivity index (χ0v) is 22.5. The van der Waals surface area contributed by atoms with Crippen molar-refractivity contribution in [3.63, 3.8) is 0 Å². The molecule has 41 heavy (non-hydrogen) atoms. The van der Waals surface area contributed by atoms with Crippen LogP contribution in [-0.2, 0) is 6.42 Å². The summed E-state index contributed by atoms with van der Waals surface area (Å²) in [6.07, 6.45) is 6.00. The number of piperazine rings is 1. The number of ether oxygens (including phenoxy) is 2. The summed E-state index contributed by atoms with van der Waals surface area (Å²) < 4.78 is 27.9. The molecular weight excluding hydrogens is 523 g/mol. The molecular formula is C31H29FN6O3. The summed E-state index contributed by atoms with van der Waals surface area (Å²) in [5.74, 6) is 0.732. The SMILES string of the molecule is COc1cccnc1CCOc1nc(N2CC3CCC(C2)N3)c2cnc(-c3cc(O)cc4ccccc34)c(F)c2n1. The predicted molar refractivity (Wildman–Crippen MR) is 154 cm³/mol. The van der Waals surface area contributed by atoms with Crippen LogP contribution < -0.4 is 19.7 Å². The molecule has 0 spiro atoms. The Morgan fingerprint density at radius 3 is 2.68 bits per heavy atom. The first kappa shape index (κ1) is 25.4. The van der Waals surface area contributed by atoms with Crippen molar-refractivity contribution in [3.05, 3.63) is 72.4 Å². The van der Waals surface area contributed by atoms with Gasteiger partial charge < -0.3 is 24.8 Å². The van der Waals surface area contributed by atoms with Gasteiger partial charge in [0.2, 0.25) is 0 Å².